The molecule has 24 heavy (non-hydrogen) atoms. The molecule has 1 aromatic heterocycles. The van der Waals surface area contributed by atoms with Crippen LogP contribution in [0, 0.1) is 5.82 Å². The fourth-order valence-electron chi connectivity index (χ4n) is 2.22. The van der Waals surface area contributed by atoms with Crippen molar-refractivity contribution in [3.63, 3.8) is 0 Å². The number of hydrogen-bond acceptors (Lipinski definition) is 4. The monoisotopic (exact) mass is 345 g/mol. The van der Waals surface area contributed by atoms with Crippen LogP contribution in [0.1, 0.15) is 6.92 Å². The van der Waals surface area contributed by atoms with Gasteiger partial charge in [-0.25, -0.2) is 14.2 Å². The first-order valence-electron chi connectivity index (χ1n) is 7.40. The first-order chi connectivity index (χ1) is 11.6. The number of urea groups is 1. The summed E-state index contributed by atoms with van der Waals surface area (Å²) in [6, 6.07) is 10.9. The number of nitrogens with one attached hydrogen (secondary N) is 2. The second-order valence-electron chi connectivity index (χ2n) is 5.36. The average Bonchev–Trinajstić information content (AvgIpc) is 3.00. The van der Waals surface area contributed by atoms with Gasteiger partial charge in [0.05, 0.1) is 28.6 Å². The van der Waals surface area contributed by atoms with Crippen LogP contribution in [0.5, 0.6) is 0 Å². The van der Waals surface area contributed by atoms with Crippen LogP contribution in [0.15, 0.2) is 42.5 Å². The van der Waals surface area contributed by atoms with Crippen molar-refractivity contribution in [1.29, 1.82) is 0 Å². The van der Waals surface area contributed by atoms with Gasteiger partial charge in [0.2, 0.25) is 0 Å². The lowest BCUT2D eigenvalue weighted by atomic mass is 10.2. The maximum atomic E-state index is 13.7. The highest BCUT2D eigenvalue weighted by atomic mass is 32.1. The zero-order valence-corrected chi connectivity index (χ0v) is 13.7. The molecule has 3 N–H and O–H groups in total. The lowest BCUT2D eigenvalue weighted by Gasteiger charge is -2.14. The van der Waals surface area contributed by atoms with Crippen molar-refractivity contribution in [2.45, 2.75) is 13.0 Å². The van der Waals surface area contributed by atoms with Crippen LogP contribution in [0.4, 0.5) is 14.9 Å². The van der Waals surface area contributed by atoms with E-state index in [-0.39, 0.29) is 12.6 Å². The van der Waals surface area contributed by atoms with Crippen LogP contribution in [-0.4, -0.2) is 28.8 Å². The smallest absolute Gasteiger partial charge is 0.319 e. The molecule has 2 amide bonds. The van der Waals surface area contributed by atoms with Crippen molar-refractivity contribution in [3.8, 4) is 10.6 Å². The Bertz CT molecular complexity index is 848. The summed E-state index contributed by atoms with van der Waals surface area (Å²) >= 11 is 1.43. The SMILES string of the molecule is CC(CO)NC(=O)Nc1ccc(F)cc1-c1nc2ccccc2s1. The lowest BCUT2D eigenvalue weighted by Crippen LogP contribution is -2.38. The number of para-hydroxylation sites is 1. The van der Waals surface area contributed by atoms with Gasteiger partial charge in [-0.1, -0.05) is 12.1 Å². The highest BCUT2D eigenvalue weighted by Gasteiger charge is 2.14. The molecule has 1 atom stereocenters. The number of aromatic nitrogens is 1. The zero-order chi connectivity index (χ0) is 17.1. The number of hydrogen-bond donors (Lipinski definition) is 3. The Morgan fingerprint density at radius 1 is 1.33 bits per heavy atom. The summed E-state index contributed by atoms with van der Waals surface area (Å²) in [7, 11) is 0. The number of fused-ring (bicyclic) bond motifs is 1. The maximum Gasteiger partial charge on any atom is 0.319 e. The molecule has 0 fully saturated rings. The molecular weight excluding hydrogens is 329 g/mol. The molecule has 3 rings (SSSR count). The van der Waals surface area contributed by atoms with Crippen LogP contribution in [0.2, 0.25) is 0 Å². The zero-order valence-electron chi connectivity index (χ0n) is 12.9. The summed E-state index contributed by atoms with van der Waals surface area (Å²) in [4.78, 5) is 16.5. The van der Waals surface area contributed by atoms with Gasteiger partial charge >= 0.3 is 6.03 Å². The van der Waals surface area contributed by atoms with Gasteiger partial charge in [0.15, 0.2) is 0 Å². The van der Waals surface area contributed by atoms with E-state index in [4.69, 9.17) is 5.11 Å². The maximum absolute atomic E-state index is 13.7. The van der Waals surface area contributed by atoms with Gasteiger partial charge < -0.3 is 15.7 Å². The predicted molar refractivity (Wildman–Crippen MR) is 93.7 cm³/mol. The van der Waals surface area contributed by atoms with Gasteiger partial charge in [-0.05, 0) is 37.3 Å². The van der Waals surface area contributed by atoms with Crippen molar-refractivity contribution in [1.82, 2.24) is 10.3 Å². The summed E-state index contributed by atoms with van der Waals surface area (Å²) in [5.41, 5.74) is 1.80. The Kier molecular flexibility index (Phi) is 4.73. The van der Waals surface area contributed by atoms with E-state index in [0.29, 0.717) is 16.3 Å². The van der Waals surface area contributed by atoms with Gasteiger partial charge in [-0.15, -0.1) is 11.3 Å². The highest BCUT2D eigenvalue weighted by molar-refractivity contribution is 7.21. The van der Waals surface area contributed by atoms with Gasteiger partial charge in [-0.2, -0.15) is 0 Å². The van der Waals surface area contributed by atoms with Crippen molar-refractivity contribution in [3.05, 3.63) is 48.3 Å². The molecular formula is C17H16FN3O2S. The molecule has 124 valence electrons. The predicted octanol–water partition coefficient (Wildman–Crippen LogP) is 3.60. The van der Waals surface area contributed by atoms with E-state index < -0.39 is 11.8 Å². The van der Waals surface area contributed by atoms with Crippen LogP contribution < -0.4 is 10.6 Å². The van der Waals surface area contributed by atoms with E-state index in [2.05, 4.69) is 15.6 Å². The Morgan fingerprint density at radius 2 is 2.12 bits per heavy atom. The number of aliphatic hydroxyl groups excluding tert-OH is 1. The molecule has 0 saturated carbocycles. The standard InChI is InChI=1S/C17H16FN3O2S/c1-10(9-22)19-17(23)21-13-7-6-11(18)8-12(13)16-20-14-4-2-3-5-15(14)24-16/h2-8,10,22H,9H2,1H3,(H2,19,21,23). The summed E-state index contributed by atoms with van der Waals surface area (Å²) in [6.45, 7) is 1.51. The van der Waals surface area contributed by atoms with Crippen molar-refractivity contribution < 1.29 is 14.3 Å². The minimum absolute atomic E-state index is 0.165. The van der Waals surface area contributed by atoms with Crippen LogP contribution >= 0.6 is 11.3 Å². The first kappa shape index (κ1) is 16.4. The second-order valence-corrected chi connectivity index (χ2v) is 6.39. The Labute approximate surface area is 142 Å². The van der Waals surface area contributed by atoms with Crippen LogP contribution in [0.3, 0.4) is 0 Å². The number of anilines is 1. The number of nitrogens with zero attached hydrogens (tertiary/aromatic N) is 1. The topological polar surface area (TPSA) is 74.2 Å². The van der Waals surface area contributed by atoms with Gasteiger partial charge in [0.1, 0.15) is 10.8 Å². The van der Waals surface area contributed by atoms with Crippen LogP contribution in [-0.2, 0) is 0 Å². The van der Waals surface area contributed by atoms with E-state index in [1.165, 1.54) is 29.5 Å². The molecule has 1 heterocycles. The highest BCUT2D eigenvalue weighted by Crippen LogP contribution is 2.34. The van der Waals surface area contributed by atoms with E-state index in [9.17, 15) is 9.18 Å². The number of halogens is 1. The Balaban J connectivity index is 1.95. The van der Waals surface area contributed by atoms with Crippen LogP contribution in [0.25, 0.3) is 20.8 Å². The van der Waals surface area contributed by atoms with Gasteiger partial charge in [0.25, 0.3) is 0 Å². The lowest BCUT2D eigenvalue weighted by molar-refractivity contribution is 0.229. The molecule has 0 radical (unpaired) electrons. The van der Waals surface area contributed by atoms with E-state index in [1.807, 2.05) is 24.3 Å². The number of amides is 2. The quantitative estimate of drug-likeness (QED) is 0.676. The van der Waals surface area contributed by atoms with Gasteiger partial charge in [-0.3, -0.25) is 0 Å². The molecule has 3 aromatic rings. The van der Waals surface area contributed by atoms with Gasteiger partial charge in [0, 0.05) is 5.56 Å². The average molecular weight is 345 g/mol. The number of rotatable bonds is 4. The molecule has 5 nitrogen and oxygen atoms in total. The normalized spacial score (nSPS) is 12.1. The fraction of sp³-hybridized carbons (Fsp3) is 0.176. The summed E-state index contributed by atoms with van der Waals surface area (Å²) in [6.07, 6.45) is 0. The Hall–Kier alpha value is -2.51. The first-order valence-corrected chi connectivity index (χ1v) is 8.22. The molecule has 7 heteroatoms. The Morgan fingerprint density at radius 3 is 2.88 bits per heavy atom. The number of aliphatic hydroxyl groups is 1. The third-order valence-corrected chi connectivity index (χ3v) is 4.48. The molecule has 0 saturated heterocycles. The van der Waals surface area contributed by atoms with Crippen molar-refractivity contribution >= 4 is 33.3 Å². The molecule has 0 aliphatic heterocycles. The van der Waals surface area contributed by atoms with E-state index >= 15 is 0 Å². The molecule has 0 aliphatic carbocycles. The fourth-order valence-corrected chi connectivity index (χ4v) is 3.21. The summed E-state index contributed by atoms with van der Waals surface area (Å²) < 4.78 is 14.7. The molecule has 0 spiro atoms. The van der Waals surface area contributed by atoms with E-state index in [0.717, 1.165) is 10.2 Å². The summed E-state index contributed by atoms with van der Waals surface area (Å²) in [5.74, 6) is -0.404. The molecule has 1 unspecified atom stereocenters. The third kappa shape index (κ3) is 3.52. The number of carbonyl (C=O) groups is 1. The molecule has 2 aromatic carbocycles. The second kappa shape index (κ2) is 6.94. The third-order valence-electron chi connectivity index (χ3n) is 3.41. The van der Waals surface area contributed by atoms with Crippen molar-refractivity contribution in [2.24, 2.45) is 0 Å². The number of benzene rings is 2. The van der Waals surface area contributed by atoms with Crippen molar-refractivity contribution in [2.75, 3.05) is 11.9 Å². The largest absolute Gasteiger partial charge is 0.394 e. The molecule has 0 bridgehead atoms. The summed E-state index contributed by atoms with van der Waals surface area (Å²) in [5, 5.41) is 14.9. The number of thiazole rings is 1. The minimum atomic E-state index is -0.467. The van der Waals surface area contributed by atoms with E-state index in [1.54, 1.807) is 6.92 Å². The molecule has 0 aliphatic rings. The number of carbonyl (C=O) groups excluding carboxylic acids is 1. The minimum Gasteiger partial charge on any atom is -0.394 e.